The lowest BCUT2D eigenvalue weighted by Gasteiger charge is -2.25. The molecule has 0 saturated heterocycles. The average Bonchev–Trinajstić information content (AvgIpc) is 3.42. The molecule has 8 nitrogen and oxygen atoms in total. The normalized spacial score (nSPS) is 11.4. The maximum Gasteiger partial charge on any atom is 0.364 e. The first kappa shape index (κ1) is 28.6. The van der Waals surface area contributed by atoms with Crippen molar-refractivity contribution < 1.29 is 26.8 Å². The largest absolute Gasteiger partial charge is 0.364 e. The van der Waals surface area contributed by atoms with Gasteiger partial charge in [-0.1, -0.05) is 34.8 Å². The maximum absolute atomic E-state index is 14.9. The molecule has 0 spiro atoms. The summed E-state index contributed by atoms with van der Waals surface area (Å²) < 4.78 is 58.9. The van der Waals surface area contributed by atoms with Crippen molar-refractivity contribution in [1.29, 1.82) is 0 Å². The van der Waals surface area contributed by atoms with Gasteiger partial charge in [0.1, 0.15) is 22.2 Å². The predicted molar refractivity (Wildman–Crippen MR) is 154 cm³/mol. The Labute approximate surface area is 241 Å². The van der Waals surface area contributed by atoms with E-state index in [1.54, 1.807) is 61.3 Å². The van der Waals surface area contributed by atoms with Crippen LogP contribution in [0.5, 0.6) is 0 Å². The molecule has 3 aromatic carbocycles. The summed E-state index contributed by atoms with van der Waals surface area (Å²) in [7, 11) is -4.96. The predicted octanol–water partition coefficient (Wildman–Crippen LogP) is 6.49. The highest BCUT2D eigenvalue weighted by atomic mass is 32.2. The van der Waals surface area contributed by atoms with Gasteiger partial charge in [0, 0.05) is 36.3 Å². The number of carbonyl (C=O) groups is 1. The van der Waals surface area contributed by atoms with Crippen molar-refractivity contribution in [2.45, 2.75) is 32.2 Å². The van der Waals surface area contributed by atoms with Crippen LogP contribution in [0, 0.1) is 25.5 Å². The summed E-state index contributed by atoms with van der Waals surface area (Å²) >= 11 is 0. The molecule has 0 aliphatic rings. The van der Waals surface area contributed by atoms with Crippen molar-refractivity contribution in [2.24, 2.45) is 0 Å². The third kappa shape index (κ3) is 5.38. The molecule has 0 saturated carbocycles. The lowest BCUT2D eigenvalue weighted by atomic mass is 9.98. The van der Waals surface area contributed by atoms with E-state index >= 15 is 0 Å². The van der Waals surface area contributed by atoms with E-state index in [4.69, 9.17) is 9.94 Å². The summed E-state index contributed by atoms with van der Waals surface area (Å²) in [6.45, 7) is 5.81. The quantitative estimate of drug-likeness (QED) is 0.192. The SMILES string of the molecule is CCn1cc(-c2ccncc2)c(-c2cccc(N(OC(=O)c3ccccc3C)S(=O)(=O)c3cc(F)ccc3F)c2C)n1. The first-order chi connectivity index (χ1) is 20.1. The Morgan fingerprint density at radius 2 is 1.69 bits per heavy atom. The average molecular weight is 589 g/mol. The van der Waals surface area contributed by atoms with E-state index in [9.17, 15) is 22.0 Å². The van der Waals surface area contributed by atoms with Gasteiger partial charge in [-0.3, -0.25) is 9.67 Å². The molecule has 0 atom stereocenters. The molecular weight excluding hydrogens is 562 g/mol. The minimum absolute atomic E-state index is 0.0789. The number of carbonyl (C=O) groups excluding carboxylic acids is 1. The summed E-state index contributed by atoms with van der Waals surface area (Å²) in [6, 6.07) is 16.9. The van der Waals surface area contributed by atoms with Gasteiger partial charge in [-0.15, -0.1) is 0 Å². The molecule has 0 aliphatic heterocycles. The Hall–Kier alpha value is -4.90. The van der Waals surface area contributed by atoms with Crippen LogP contribution >= 0.6 is 0 Å². The third-order valence-electron chi connectivity index (χ3n) is 6.75. The van der Waals surface area contributed by atoms with Gasteiger partial charge in [0.05, 0.1) is 11.3 Å². The van der Waals surface area contributed by atoms with Crippen molar-refractivity contribution in [2.75, 3.05) is 4.47 Å². The zero-order chi connectivity index (χ0) is 30.0. The van der Waals surface area contributed by atoms with E-state index < -0.39 is 32.5 Å². The van der Waals surface area contributed by atoms with Crippen LogP contribution in [-0.4, -0.2) is 29.2 Å². The van der Waals surface area contributed by atoms with Crippen molar-refractivity contribution in [1.82, 2.24) is 14.8 Å². The first-order valence-corrected chi connectivity index (χ1v) is 14.4. The summed E-state index contributed by atoms with van der Waals surface area (Å²) in [4.78, 5) is 21.9. The standard InChI is InChI=1S/C31H26F2N4O4S/c1-4-36-19-26(22-14-16-34-17-15-22)30(35-36)25-10-7-11-28(21(25)3)37(41-31(38)24-9-6-5-8-20(24)2)42(39,40)29-18-23(32)12-13-27(29)33/h5-19H,4H2,1-3H3. The van der Waals surface area contributed by atoms with Gasteiger partial charge in [-0.25, -0.2) is 13.6 Å². The number of aryl methyl sites for hydroxylation is 2. The number of halogens is 2. The van der Waals surface area contributed by atoms with Crippen molar-refractivity contribution in [3.8, 4) is 22.4 Å². The fourth-order valence-electron chi connectivity index (χ4n) is 4.52. The van der Waals surface area contributed by atoms with E-state index in [0.717, 1.165) is 17.2 Å². The first-order valence-electron chi connectivity index (χ1n) is 13.0. The molecule has 0 aliphatic carbocycles. The highest BCUT2D eigenvalue weighted by Gasteiger charge is 2.34. The lowest BCUT2D eigenvalue weighted by Crippen LogP contribution is -2.35. The molecule has 0 amide bonds. The van der Waals surface area contributed by atoms with Crippen LogP contribution < -0.4 is 4.47 Å². The Morgan fingerprint density at radius 3 is 2.40 bits per heavy atom. The lowest BCUT2D eigenvalue weighted by molar-refractivity contribution is 0.0526. The van der Waals surface area contributed by atoms with Gasteiger partial charge in [0.15, 0.2) is 0 Å². The second kappa shape index (κ2) is 11.5. The van der Waals surface area contributed by atoms with Crippen LogP contribution in [0.1, 0.15) is 28.4 Å². The minimum atomic E-state index is -4.96. The number of sulfonamides is 1. The fraction of sp³-hybridized carbons (Fsp3) is 0.129. The molecule has 2 heterocycles. The zero-order valence-corrected chi connectivity index (χ0v) is 23.8. The molecule has 214 valence electrons. The van der Waals surface area contributed by atoms with E-state index in [2.05, 4.69) is 4.98 Å². The number of benzene rings is 3. The van der Waals surface area contributed by atoms with Gasteiger partial charge >= 0.3 is 5.97 Å². The summed E-state index contributed by atoms with van der Waals surface area (Å²) in [5, 5.41) is 4.71. The smallest absolute Gasteiger partial charge is 0.320 e. The summed E-state index contributed by atoms with van der Waals surface area (Å²) in [5.74, 6) is -3.17. The van der Waals surface area contributed by atoms with E-state index in [1.165, 1.54) is 12.1 Å². The Bertz CT molecular complexity index is 1890. The molecule has 11 heteroatoms. The number of hydrogen-bond donors (Lipinski definition) is 0. The summed E-state index contributed by atoms with van der Waals surface area (Å²) in [5.41, 5.74) is 3.61. The van der Waals surface area contributed by atoms with Crippen LogP contribution in [-0.2, 0) is 21.4 Å². The topological polar surface area (TPSA) is 94.4 Å². The van der Waals surface area contributed by atoms with Gasteiger partial charge in [0.2, 0.25) is 0 Å². The van der Waals surface area contributed by atoms with Gasteiger partial charge < -0.3 is 4.84 Å². The molecule has 0 unspecified atom stereocenters. The number of aromatic nitrogens is 3. The van der Waals surface area contributed by atoms with E-state index in [-0.39, 0.29) is 11.3 Å². The number of hydrogen-bond acceptors (Lipinski definition) is 6. The number of anilines is 1. The molecule has 5 aromatic rings. The van der Waals surface area contributed by atoms with Gasteiger partial charge in [-0.05, 0) is 79.9 Å². The van der Waals surface area contributed by atoms with Gasteiger partial charge in [0.25, 0.3) is 10.0 Å². The number of nitrogens with zero attached hydrogens (tertiary/aromatic N) is 4. The Morgan fingerprint density at radius 1 is 0.952 bits per heavy atom. The molecule has 0 bridgehead atoms. The number of rotatable bonds is 8. The van der Waals surface area contributed by atoms with Crippen LogP contribution in [0.15, 0.2) is 96.3 Å². The third-order valence-corrected chi connectivity index (χ3v) is 8.33. The maximum atomic E-state index is 14.9. The number of pyridine rings is 1. The van der Waals surface area contributed by atoms with Crippen LogP contribution in [0.2, 0.25) is 0 Å². The molecule has 0 fully saturated rings. The second-order valence-corrected chi connectivity index (χ2v) is 11.2. The van der Waals surface area contributed by atoms with Gasteiger partial charge in [-0.2, -0.15) is 13.5 Å². The van der Waals surface area contributed by atoms with Crippen LogP contribution in [0.3, 0.4) is 0 Å². The second-order valence-electron chi connectivity index (χ2n) is 9.43. The molecule has 2 aromatic heterocycles. The minimum Gasteiger partial charge on any atom is -0.320 e. The van der Waals surface area contributed by atoms with Crippen molar-refractivity contribution in [3.63, 3.8) is 0 Å². The van der Waals surface area contributed by atoms with E-state index in [0.29, 0.717) is 45.5 Å². The molecule has 0 N–H and O–H groups in total. The van der Waals surface area contributed by atoms with Crippen LogP contribution in [0.25, 0.3) is 22.4 Å². The molecule has 5 rings (SSSR count). The van der Waals surface area contributed by atoms with Crippen molar-refractivity contribution in [3.05, 3.63) is 120 Å². The Kier molecular flexibility index (Phi) is 7.86. The highest BCUT2D eigenvalue weighted by molar-refractivity contribution is 7.92. The Balaban J connectivity index is 1.70. The van der Waals surface area contributed by atoms with Crippen molar-refractivity contribution >= 4 is 21.7 Å². The van der Waals surface area contributed by atoms with Crippen LogP contribution in [0.4, 0.5) is 14.5 Å². The highest BCUT2D eigenvalue weighted by Crippen LogP contribution is 2.38. The van der Waals surface area contributed by atoms with E-state index in [1.807, 2.05) is 25.3 Å². The monoisotopic (exact) mass is 588 g/mol. The fourth-order valence-corrected chi connectivity index (χ4v) is 5.90. The zero-order valence-electron chi connectivity index (χ0n) is 23.0. The molecular formula is C31H26F2N4O4S. The molecule has 0 radical (unpaired) electrons. The summed E-state index contributed by atoms with van der Waals surface area (Å²) in [6.07, 6.45) is 5.17. The molecule has 42 heavy (non-hydrogen) atoms.